The molecule has 206 valence electrons. The predicted octanol–water partition coefficient (Wildman–Crippen LogP) is 5.37. The molecule has 12 heteroatoms. The molecule has 4 aromatic rings. The maximum absolute atomic E-state index is 13.0. The third-order valence-electron chi connectivity index (χ3n) is 5.27. The Morgan fingerprint density at radius 3 is 2.45 bits per heavy atom. The molecule has 0 bridgehead atoms. The summed E-state index contributed by atoms with van der Waals surface area (Å²) in [5, 5.41) is 19.6. The molecular weight excluding hydrogens is 512 g/mol. The van der Waals surface area contributed by atoms with E-state index in [0.717, 1.165) is 0 Å². The molecule has 0 spiro atoms. The van der Waals surface area contributed by atoms with Crippen molar-refractivity contribution in [3.63, 3.8) is 0 Å². The molecule has 0 saturated heterocycles. The Hall–Kier alpha value is -5.18. The second kappa shape index (κ2) is 10.5. The second-order valence-electron chi connectivity index (χ2n) is 10.9. The highest BCUT2D eigenvalue weighted by Crippen LogP contribution is 2.34. The zero-order valence-electron chi connectivity index (χ0n) is 23.0. The summed E-state index contributed by atoms with van der Waals surface area (Å²) < 4.78 is 17.6. The first-order valence-corrected chi connectivity index (χ1v) is 12.3. The number of aromatic nitrogens is 4. The number of hydrogen-bond donors (Lipinski definition) is 4. The van der Waals surface area contributed by atoms with E-state index in [9.17, 15) is 10.1 Å². The van der Waals surface area contributed by atoms with E-state index in [0.29, 0.717) is 22.8 Å². The summed E-state index contributed by atoms with van der Waals surface area (Å²) in [5.74, 6) is 0.244. The molecule has 0 unspecified atom stereocenters. The number of benzene rings is 2. The van der Waals surface area contributed by atoms with Crippen LogP contribution in [0.25, 0.3) is 11.2 Å². The van der Waals surface area contributed by atoms with Gasteiger partial charge in [0.05, 0.1) is 11.6 Å². The summed E-state index contributed by atoms with van der Waals surface area (Å²) >= 11 is 0. The number of guanidine groups is 1. The number of rotatable bonds is 6. The van der Waals surface area contributed by atoms with Gasteiger partial charge in [0, 0.05) is 17.2 Å². The van der Waals surface area contributed by atoms with Gasteiger partial charge in [-0.05, 0) is 51.1 Å². The molecule has 4 rings (SSSR count). The van der Waals surface area contributed by atoms with Crippen molar-refractivity contribution in [1.82, 2.24) is 19.9 Å². The third kappa shape index (κ3) is 6.63. The number of fused-ring (bicyclic) bond motifs is 1. The first-order chi connectivity index (χ1) is 18.7. The number of nitrogens with zero attached hydrogens (tertiary/aromatic N) is 4. The van der Waals surface area contributed by atoms with Gasteiger partial charge in [-0.2, -0.15) is 15.2 Å². The van der Waals surface area contributed by atoms with Crippen LogP contribution in [0.3, 0.4) is 0 Å². The standard InChI is InChI=1S/C28H30N8O4/c1-27(2,3)24-33-20-21(34-24)35-26(38-17-9-7-8-16(13-17)32-25(30)31)36-22(20)39-19-12-15(14-29)10-11-18(19)23(37)40-28(4,5)6/h7-13H,1-6H3,(H4,30,31,32)(H,33,34,35,36). The van der Waals surface area contributed by atoms with Crippen LogP contribution >= 0.6 is 0 Å². The van der Waals surface area contributed by atoms with Gasteiger partial charge in [-0.15, -0.1) is 0 Å². The smallest absolute Gasteiger partial charge is 0.342 e. The Labute approximate surface area is 231 Å². The number of anilines is 1. The molecule has 2 aromatic heterocycles. The highest BCUT2D eigenvalue weighted by Gasteiger charge is 2.26. The molecular formula is C28H30N8O4. The van der Waals surface area contributed by atoms with E-state index in [1.165, 1.54) is 18.2 Å². The monoisotopic (exact) mass is 542 g/mol. The lowest BCUT2D eigenvalue weighted by molar-refractivity contribution is 0.00671. The van der Waals surface area contributed by atoms with Crippen LogP contribution in [0, 0.1) is 16.7 Å². The van der Waals surface area contributed by atoms with Crippen molar-refractivity contribution in [1.29, 1.82) is 10.7 Å². The number of imidazole rings is 1. The van der Waals surface area contributed by atoms with Crippen molar-refractivity contribution in [3.8, 4) is 29.5 Å². The summed E-state index contributed by atoms with van der Waals surface area (Å²) in [6.45, 7) is 11.2. The SMILES string of the molecule is CC(C)(C)OC(=O)c1ccc(C#N)cc1Oc1nc(Oc2cccc(NC(=N)N)c2)nc2nc(C(C)(C)C)[nH]c12. The number of hydrogen-bond acceptors (Lipinski definition) is 9. The molecule has 0 radical (unpaired) electrons. The van der Waals surface area contributed by atoms with Gasteiger partial charge in [-0.1, -0.05) is 26.8 Å². The van der Waals surface area contributed by atoms with Gasteiger partial charge in [0.1, 0.15) is 34.0 Å². The quantitative estimate of drug-likeness (QED) is 0.140. The second-order valence-corrected chi connectivity index (χ2v) is 10.9. The van der Waals surface area contributed by atoms with Crippen molar-refractivity contribution in [2.75, 3.05) is 5.32 Å². The number of nitrogens with one attached hydrogen (secondary N) is 3. The average Bonchev–Trinajstić information content (AvgIpc) is 3.28. The van der Waals surface area contributed by atoms with E-state index in [-0.39, 0.29) is 45.8 Å². The van der Waals surface area contributed by atoms with Gasteiger partial charge in [0.25, 0.3) is 5.88 Å². The van der Waals surface area contributed by atoms with E-state index >= 15 is 0 Å². The van der Waals surface area contributed by atoms with Gasteiger partial charge >= 0.3 is 12.0 Å². The van der Waals surface area contributed by atoms with Gasteiger partial charge < -0.3 is 30.2 Å². The molecule has 5 N–H and O–H groups in total. The first-order valence-electron chi connectivity index (χ1n) is 12.3. The molecule has 12 nitrogen and oxygen atoms in total. The minimum Gasteiger partial charge on any atom is -0.456 e. The topological polar surface area (TPSA) is 185 Å². The zero-order chi connectivity index (χ0) is 29.2. The lowest BCUT2D eigenvalue weighted by Crippen LogP contribution is -2.24. The third-order valence-corrected chi connectivity index (χ3v) is 5.27. The number of aromatic amines is 1. The number of ether oxygens (including phenoxy) is 3. The summed E-state index contributed by atoms with van der Waals surface area (Å²) in [4.78, 5) is 29.7. The number of carbonyl (C=O) groups is 1. The van der Waals surface area contributed by atoms with E-state index in [4.69, 9.17) is 25.4 Å². The van der Waals surface area contributed by atoms with Gasteiger partial charge in [-0.25, -0.2) is 9.78 Å². The highest BCUT2D eigenvalue weighted by atomic mass is 16.6. The molecule has 0 atom stereocenters. The molecule has 0 aliphatic rings. The van der Waals surface area contributed by atoms with Gasteiger partial charge in [0.15, 0.2) is 11.6 Å². The molecule has 2 aromatic carbocycles. The van der Waals surface area contributed by atoms with Crippen molar-refractivity contribution in [2.24, 2.45) is 5.73 Å². The molecule has 0 aliphatic heterocycles. The normalized spacial score (nSPS) is 11.5. The van der Waals surface area contributed by atoms with Gasteiger partial charge in [0.2, 0.25) is 0 Å². The van der Waals surface area contributed by atoms with Crippen molar-refractivity contribution < 1.29 is 19.0 Å². The fourth-order valence-corrected chi connectivity index (χ4v) is 3.51. The number of H-pyrrole nitrogens is 1. The van der Waals surface area contributed by atoms with E-state index in [1.54, 1.807) is 45.0 Å². The lowest BCUT2D eigenvalue weighted by atomic mass is 9.96. The summed E-state index contributed by atoms with van der Waals surface area (Å²) in [6, 6.07) is 13.1. The first kappa shape index (κ1) is 27.8. The molecule has 0 saturated carbocycles. The Morgan fingerprint density at radius 1 is 1.05 bits per heavy atom. The minimum absolute atomic E-state index is 0.0286. The van der Waals surface area contributed by atoms with Crippen LogP contribution in [0.2, 0.25) is 0 Å². The van der Waals surface area contributed by atoms with Gasteiger partial charge in [-0.3, -0.25) is 5.41 Å². The number of nitriles is 1. The summed E-state index contributed by atoms with van der Waals surface area (Å²) in [6.07, 6.45) is 0. The average molecular weight is 543 g/mol. The maximum atomic E-state index is 13.0. The van der Waals surface area contributed by atoms with Crippen LogP contribution in [0.5, 0.6) is 23.4 Å². The lowest BCUT2D eigenvalue weighted by Gasteiger charge is -2.20. The molecule has 0 fully saturated rings. The predicted molar refractivity (Wildman–Crippen MR) is 149 cm³/mol. The van der Waals surface area contributed by atoms with Crippen LogP contribution in [0.15, 0.2) is 42.5 Å². The fraction of sp³-hybridized carbons (Fsp3) is 0.286. The Balaban J connectivity index is 1.81. The van der Waals surface area contributed by atoms with Crippen molar-refractivity contribution >= 4 is 28.8 Å². The molecule has 2 heterocycles. The van der Waals surface area contributed by atoms with Crippen molar-refractivity contribution in [2.45, 2.75) is 52.6 Å². The number of nitrogens with two attached hydrogens (primary N) is 1. The Kier molecular flexibility index (Phi) is 7.33. The molecule has 0 aliphatic carbocycles. The Morgan fingerprint density at radius 2 is 1.80 bits per heavy atom. The van der Waals surface area contributed by atoms with E-state index in [1.807, 2.05) is 20.8 Å². The molecule has 0 amide bonds. The summed E-state index contributed by atoms with van der Waals surface area (Å²) in [7, 11) is 0. The number of carbonyl (C=O) groups excluding carboxylic acids is 1. The van der Waals surface area contributed by atoms with Crippen LogP contribution in [0.1, 0.15) is 63.3 Å². The molecule has 40 heavy (non-hydrogen) atoms. The van der Waals surface area contributed by atoms with Crippen LogP contribution in [0.4, 0.5) is 5.69 Å². The zero-order valence-corrected chi connectivity index (χ0v) is 23.0. The van der Waals surface area contributed by atoms with E-state index in [2.05, 4.69) is 31.3 Å². The fourth-order valence-electron chi connectivity index (χ4n) is 3.51. The van der Waals surface area contributed by atoms with Crippen molar-refractivity contribution in [3.05, 3.63) is 59.4 Å². The van der Waals surface area contributed by atoms with E-state index < -0.39 is 11.6 Å². The Bertz CT molecular complexity index is 1640. The van der Waals surface area contributed by atoms with Crippen LogP contribution in [-0.2, 0) is 10.2 Å². The van der Waals surface area contributed by atoms with Crippen LogP contribution < -0.4 is 20.5 Å². The maximum Gasteiger partial charge on any atom is 0.342 e. The minimum atomic E-state index is -0.748. The largest absolute Gasteiger partial charge is 0.456 e. The highest BCUT2D eigenvalue weighted by molar-refractivity contribution is 5.93. The van der Waals surface area contributed by atoms with Crippen LogP contribution in [-0.4, -0.2) is 37.5 Å². The number of esters is 1. The summed E-state index contributed by atoms with van der Waals surface area (Å²) in [5.41, 5.74) is 5.91.